The topological polar surface area (TPSA) is 26.7 Å². The Morgan fingerprint density at radius 2 is 1.78 bits per heavy atom. The molecule has 2 heterocycles. The molecular formula is C15H22N2O. The number of hydrogen-bond donors (Lipinski definition) is 1. The van der Waals surface area contributed by atoms with Crippen molar-refractivity contribution < 1.29 is 5.11 Å². The highest BCUT2D eigenvalue weighted by Gasteiger charge is 2.38. The summed E-state index contributed by atoms with van der Waals surface area (Å²) >= 11 is 0. The van der Waals surface area contributed by atoms with E-state index < -0.39 is 0 Å². The number of rotatable bonds is 2. The van der Waals surface area contributed by atoms with E-state index in [1.54, 1.807) is 0 Å². The average molecular weight is 246 g/mol. The number of fused-ring (bicyclic) bond motifs is 4. The van der Waals surface area contributed by atoms with Crippen molar-refractivity contribution in [3.8, 4) is 0 Å². The lowest BCUT2D eigenvalue weighted by Gasteiger charge is -2.44. The molecule has 3 heteroatoms. The van der Waals surface area contributed by atoms with Crippen molar-refractivity contribution in [1.82, 2.24) is 10.0 Å². The normalized spacial score (nSPS) is 33.6. The van der Waals surface area contributed by atoms with E-state index in [1.165, 1.54) is 18.4 Å². The van der Waals surface area contributed by atoms with E-state index in [4.69, 9.17) is 0 Å². The Hall–Kier alpha value is -0.900. The Bertz CT molecular complexity index is 395. The third kappa shape index (κ3) is 2.30. The first kappa shape index (κ1) is 12.2. The largest absolute Gasteiger partial charge is 0.393 e. The minimum Gasteiger partial charge on any atom is -0.393 e. The minimum absolute atomic E-state index is 0.120. The first-order valence-corrected chi connectivity index (χ1v) is 6.95. The first-order valence-electron chi connectivity index (χ1n) is 6.95. The molecule has 3 unspecified atom stereocenters. The molecule has 18 heavy (non-hydrogen) atoms. The lowest BCUT2D eigenvalue weighted by atomic mass is 10.0. The van der Waals surface area contributed by atoms with Crippen molar-refractivity contribution in [2.45, 2.75) is 50.4 Å². The van der Waals surface area contributed by atoms with Gasteiger partial charge in [0.2, 0.25) is 0 Å². The predicted octanol–water partition coefficient (Wildman–Crippen LogP) is 2.02. The molecule has 0 spiro atoms. The molecule has 1 saturated carbocycles. The number of benzene rings is 1. The van der Waals surface area contributed by atoms with Crippen LogP contribution in [0.5, 0.6) is 0 Å². The minimum atomic E-state index is -0.120. The molecule has 1 aromatic rings. The van der Waals surface area contributed by atoms with Gasteiger partial charge in [-0.05, 0) is 31.2 Å². The average Bonchev–Trinajstić information content (AvgIpc) is 2.62. The Morgan fingerprint density at radius 1 is 1.11 bits per heavy atom. The third-order valence-corrected chi connectivity index (χ3v) is 4.46. The van der Waals surface area contributed by atoms with Gasteiger partial charge in [0.25, 0.3) is 0 Å². The molecule has 3 atom stereocenters. The molecule has 2 saturated heterocycles. The zero-order chi connectivity index (χ0) is 12.5. The summed E-state index contributed by atoms with van der Waals surface area (Å²) in [5, 5.41) is 14.8. The molecule has 1 N–H and O–H groups in total. The molecule has 0 aromatic heterocycles. The van der Waals surface area contributed by atoms with Gasteiger partial charge in [-0.15, -0.1) is 0 Å². The monoisotopic (exact) mass is 246 g/mol. The lowest BCUT2D eigenvalue weighted by molar-refractivity contribution is -0.102. The van der Waals surface area contributed by atoms with E-state index in [0.29, 0.717) is 12.1 Å². The zero-order valence-electron chi connectivity index (χ0n) is 11.0. The van der Waals surface area contributed by atoms with Crippen LogP contribution >= 0.6 is 0 Å². The maximum Gasteiger partial charge on any atom is 0.0571 e. The van der Waals surface area contributed by atoms with E-state index >= 15 is 0 Å². The number of hydrogen-bond acceptors (Lipinski definition) is 3. The summed E-state index contributed by atoms with van der Waals surface area (Å²) in [7, 11) is 2.18. The van der Waals surface area contributed by atoms with Gasteiger partial charge in [0.1, 0.15) is 0 Å². The molecule has 0 radical (unpaired) electrons. The van der Waals surface area contributed by atoms with Gasteiger partial charge in [-0.1, -0.05) is 30.3 Å². The molecule has 2 aliphatic heterocycles. The first-order chi connectivity index (χ1) is 8.74. The van der Waals surface area contributed by atoms with Gasteiger partial charge in [0.15, 0.2) is 0 Å². The summed E-state index contributed by atoms with van der Waals surface area (Å²) in [6.45, 7) is 0.964. The summed E-state index contributed by atoms with van der Waals surface area (Å²) in [4.78, 5) is 0. The molecule has 98 valence electrons. The number of nitrogens with zero attached hydrogens (tertiary/aromatic N) is 2. The molecule has 3 fully saturated rings. The molecule has 3 aliphatic rings. The Labute approximate surface area is 109 Å². The summed E-state index contributed by atoms with van der Waals surface area (Å²) in [5.41, 5.74) is 1.35. The van der Waals surface area contributed by atoms with E-state index in [-0.39, 0.29) is 6.10 Å². The van der Waals surface area contributed by atoms with Crippen LogP contribution in [-0.4, -0.2) is 40.4 Å². The van der Waals surface area contributed by atoms with Crippen LogP contribution in [0.3, 0.4) is 0 Å². The zero-order valence-corrected chi connectivity index (χ0v) is 11.0. The van der Waals surface area contributed by atoms with Crippen molar-refractivity contribution in [2.75, 3.05) is 7.05 Å². The van der Waals surface area contributed by atoms with Gasteiger partial charge in [-0.2, -0.15) is 0 Å². The molecule has 1 aromatic carbocycles. The molecule has 0 amide bonds. The van der Waals surface area contributed by atoms with Gasteiger partial charge in [-0.3, -0.25) is 0 Å². The van der Waals surface area contributed by atoms with Crippen LogP contribution in [0.25, 0.3) is 0 Å². The summed E-state index contributed by atoms with van der Waals surface area (Å²) < 4.78 is 0. The fourth-order valence-corrected chi connectivity index (χ4v) is 3.43. The number of hydrazine groups is 1. The van der Waals surface area contributed by atoms with Crippen LogP contribution in [0.15, 0.2) is 30.3 Å². The quantitative estimate of drug-likeness (QED) is 0.865. The molecule has 1 aliphatic carbocycles. The van der Waals surface area contributed by atoms with Crippen LogP contribution in [0.2, 0.25) is 0 Å². The van der Waals surface area contributed by atoms with Crippen molar-refractivity contribution >= 4 is 0 Å². The van der Waals surface area contributed by atoms with Gasteiger partial charge in [0, 0.05) is 25.7 Å². The van der Waals surface area contributed by atoms with E-state index in [9.17, 15) is 5.11 Å². The summed E-state index contributed by atoms with van der Waals surface area (Å²) in [6, 6.07) is 11.6. The summed E-state index contributed by atoms with van der Waals surface area (Å²) in [5.74, 6) is 0. The lowest BCUT2D eigenvalue weighted by Crippen LogP contribution is -2.53. The predicted molar refractivity (Wildman–Crippen MR) is 71.8 cm³/mol. The van der Waals surface area contributed by atoms with E-state index in [2.05, 4.69) is 47.4 Å². The number of aliphatic hydroxyl groups is 1. The second-order valence-electron chi connectivity index (χ2n) is 5.67. The maximum absolute atomic E-state index is 10.0. The van der Waals surface area contributed by atoms with Crippen molar-refractivity contribution in [3.05, 3.63) is 35.9 Å². The third-order valence-electron chi connectivity index (χ3n) is 4.46. The van der Waals surface area contributed by atoms with Crippen LogP contribution in [0, 0.1) is 0 Å². The highest BCUT2D eigenvalue weighted by molar-refractivity contribution is 5.14. The van der Waals surface area contributed by atoms with Crippen molar-refractivity contribution in [2.24, 2.45) is 0 Å². The van der Waals surface area contributed by atoms with Crippen molar-refractivity contribution in [1.29, 1.82) is 0 Å². The Morgan fingerprint density at radius 3 is 2.56 bits per heavy atom. The number of aliphatic hydroxyl groups excluding tert-OH is 1. The van der Waals surface area contributed by atoms with Gasteiger partial charge in [-0.25, -0.2) is 10.0 Å². The fraction of sp³-hybridized carbons (Fsp3) is 0.600. The Kier molecular flexibility index (Phi) is 3.37. The SMILES string of the molecule is CN1C2CCC(CC(O)C2)N1Cc1ccccc1. The summed E-state index contributed by atoms with van der Waals surface area (Å²) in [6.07, 6.45) is 4.18. The van der Waals surface area contributed by atoms with Crippen LogP contribution < -0.4 is 0 Å². The van der Waals surface area contributed by atoms with E-state index in [1.807, 2.05) is 0 Å². The van der Waals surface area contributed by atoms with Gasteiger partial charge in [0.05, 0.1) is 6.10 Å². The second kappa shape index (κ2) is 5.00. The fourth-order valence-electron chi connectivity index (χ4n) is 3.43. The smallest absolute Gasteiger partial charge is 0.0571 e. The molecule has 2 bridgehead atoms. The Balaban J connectivity index is 1.79. The highest BCUT2D eigenvalue weighted by Crippen LogP contribution is 2.33. The van der Waals surface area contributed by atoms with E-state index in [0.717, 1.165) is 19.4 Å². The van der Waals surface area contributed by atoms with Gasteiger partial charge < -0.3 is 5.11 Å². The van der Waals surface area contributed by atoms with Crippen molar-refractivity contribution in [3.63, 3.8) is 0 Å². The second-order valence-corrected chi connectivity index (χ2v) is 5.67. The van der Waals surface area contributed by atoms with Gasteiger partial charge >= 0.3 is 0 Å². The van der Waals surface area contributed by atoms with Crippen LogP contribution in [0.4, 0.5) is 0 Å². The molecular weight excluding hydrogens is 224 g/mol. The molecule has 3 nitrogen and oxygen atoms in total. The molecule has 4 rings (SSSR count). The highest BCUT2D eigenvalue weighted by atomic mass is 16.3. The maximum atomic E-state index is 10.0. The van der Waals surface area contributed by atoms with Crippen LogP contribution in [0.1, 0.15) is 31.2 Å². The standard InChI is InChI=1S/C15H22N2O/c1-16-13-7-8-14(10-15(18)9-13)17(16)11-12-5-3-2-4-6-12/h2-6,13-15,18H,7-11H2,1H3. The van der Waals surface area contributed by atoms with Crippen LogP contribution in [-0.2, 0) is 6.54 Å².